The van der Waals surface area contributed by atoms with E-state index in [1.54, 1.807) is 12.1 Å². The Bertz CT molecular complexity index is 665. The minimum Gasteiger partial charge on any atom is -0.497 e. The van der Waals surface area contributed by atoms with E-state index in [2.05, 4.69) is 0 Å². The Morgan fingerprint density at radius 2 is 1.63 bits per heavy atom. The van der Waals surface area contributed by atoms with Gasteiger partial charge in [0.05, 0.1) is 7.11 Å². The van der Waals surface area contributed by atoms with Crippen LogP contribution in [-0.2, 0) is 10.1 Å². The van der Waals surface area contributed by atoms with Crippen molar-refractivity contribution in [1.29, 1.82) is 0 Å². The average molecular weight is 299 g/mol. The lowest BCUT2D eigenvalue weighted by molar-refractivity contribution is 0.411. The molecule has 0 unspecified atom stereocenters. The molecule has 0 atom stereocenters. The van der Waals surface area contributed by atoms with Crippen LogP contribution in [0.1, 0.15) is 0 Å². The van der Waals surface area contributed by atoms with Gasteiger partial charge in [0, 0.05) is 11.1 Å². The van der Waals surface area contributed by atoms with Gasteiger partial charge in [0.1, 0.15) is 16.4 Å². The van der Waals surface area contributed by atoms with E-state index in [9.17, 15) is 8.42 Å². The van der Waals surface area contributed by atoms with Gasteiger partial charge in [-0.2, -0.15) is 8.42 Å². The standard InChI is InChI=1S/C13H11ClO4S/c1-17-11-3-2-4-12(9-11)18-19(15,16)13-7-5-10(14)6-8-13/h2-9H,1H3. The average Bonchev–Trinajstić information content (AvgIpc) is 2.39. The summed E-state index contributed by atoms with van der Waals surface area (Å²) in [6.45, 7) is 0. The first-order valence-corrected chi connectivity index (χ1v) is 7.14. The highest BCUT2D eigenvalue weighted by atomic mass is 35.5. The van der Waals surface area contributed by atoms with E-state index in [0.717, 1.165) is 0 Å². The Morgan fingerprint density at radius 1 is 1.00 bits per heavy atom. The highest BCUT2D eigenvalue weighted by molar-refractivity contribution is 7.87. The normalized spacial score (nSPS) is 11.1. The minimum atomic E-state index is -3.87. The van der Waals surface area contributed by atoms with Gasteiger partial charge < -0.3 is 8.92 Å². The summed E-state index contributed by atoms with van der Waals surface area (Å²) in [5.41, 5.74) is 0. The van der Waals surface area contributed by atoms with Crippen molar-refractivity contribution >= 4 is 21.7 Å². The molecule has 0 bridgehead atoms. The summed E-state index contributed by atoms with van der Waals surface area (Å²) in [5, 5.41) is 0.459. The van der Waals surface area contributed by atoms with E-state index in [4.69, 9.17) is 20.5 Å². The predicted molar refractivity (Wildman–Crippen MR) is 72.3 cm³/mol. The fourth-order valence-electron chi connectivity index (χ4n) is 1.43. The van der Waals surface area contributed by atoms with Crippen LogP contribution in [-0.4, -0.2) is 15.5 Å². The van der Waals surface area contributed by atoms with Crippen LogP contribution in [0.2, 0.25) is 5.02 Å². The Morgan fingerprint density at radius 3 is 2.26 bits per heavy atom. The Kier molecular flexibility index (Phi) is 3.97. The van der Waals surface area contributed by atoms with Crippen LogP contribution in [0.3, 0.4) is 0 Å². The summed E-state index contributed by atoms with van der Waals surface area (Å²) in [6, 6.07) is 12.1. The molecule has 100 valence electrons. The molecule has 19 heavy (non-hydrogen) atoms. The molecule has 0 radical (unpaired) electrons. The molecule has 0 amide bonds. The van der Waals surface area contributed by atoms with Crippen LogP contribution in [0.15, 0.2) is 53.4 Å². The molecule has 4 nitrogen and oxygen atoms in total. The summed E-state index contributed by atoms with van der Waals surface area (Å²) in [6.07, 6.45) is 0. The second-order valence-corrected chi connectivity index (χ2v) is 5.65. The molecule has 6 heteroatoms. The minimum absolute atomic E-state index is 0.0414. The van der Waals surface area contributed by atoms with Crippen molar-refractivity contribution in [3.63, 3.8) is 0 Å². The lowest BCUT2D eigenvalue weighted by atomic mass is 10.3. The van der Waals surface area contributed by atoms with E-state index in [1.807, 2.05) is 0 Å². The lowest BCUT2D eigenvalue weighted by Crippen LogP contribution is -2.09. The number of hydrogen-bond donors (Lipinski definition) is 0. The third-order valence-corrected chi connectivity index (χ3v) is 3.86. The van der Waals surface area contributed by atoms with E-state index >= 15 is 0 Å². The maximum atomic E-state index is 12.0. The lowest BCUT2D eigenvalue weighted by Gasteiger charge is -2.08. The second kappa shape index (κ2) is 5.50. The van der Waals surface area contributed by atoms with Crippen LogP contribution in [0.25, 0.3) is 0 Å². The molecule has 0 aliphatic heterocycles. The van der Waals surface area contributed by atoms with Crippen LogP contribution in [0.5, 0.6) is 11.5 Å². The molecule has 0 saturated carbocycles. The van der Waals surface area contributed by atoms with Crippen molar-refractivity contribution in [2.45, 2.75) is 4.90 Å². The van der Waals surface area contributed by atoms with E-state index in [1.165, 1.54) is 43.5 Å². The van der Waals surface area contributed by atoms with Gasteiger partial charge >= 0.3 is 10.1 Å². The second-order valence-electron chi connectivity index (χ2n) is 3.67. The molecule has 0 heterocycles. The number of methoxy groups -OCH3 is 1. The van der Waals surface area contributed by atoms with Crippen molar-refractivity contribution in [2.24, 2.45) is 0 Å². The molecular formula is C13H11ClO4S. The van der Waals surface area contributed by atoms with Gasteiger partial charge in [-0.05, 0) is 36.4 Å². The SMILES string of the molecule is COc1cccc(OS(=O)(=O)c2ccc(Cl)cc2)c1. The molecule has 0 aromatic heterocycles. The van der Waals surface area contributed by atoms with Crippen molar-refractivity contribution in [3.05, 3.63) is 53.6 Å². The topological polar surface area (TPSA) is 52.6 Å². The van der Waals surface area contributed by atoms with Gasteiger partial charge in [-0.15, -0.1) is 0 Å². The number of benzene rings is 2. The Hall–Kier alpha value is -1.72. The van der Waals surface area contributed by atoms with Crippen molar-refractivity contribution < 1.29 is 17.3 Å². The first kappa shape index (κ1) is 13.7. The van der Waals surface area contributed by atoms with Crippen molar-refractivity contribution in [2.75, 3.05) is 7.11 Å². The van der Waals surface area contributed by atoms with Gasteiger partial charge in [0.15, 0.2) is 0 Å². The van der Waals surface area contributed by atoms with Crippen LogP contribution in [0, 0.1) is 0 Å². The zero-order valence-corrected chi connectivity index (χ0v) is 11.6. The van der Waals surface area contributed by atoms with Crippen molar-refractivity contribution in [3.8, 4) is 11.5 Å². The summed E-state index contributed by atoms with van der Waals surface area (Å²) >= 11 is 5.71. The molecular weight excluding hydrogens is 288 g/mol. The molecule has 2 aromatic carbocycles. The molecule has 0 aliphatic carbocycles. The zero-order chi connectivity index (χ0) is 13.9. The predicted octanol–water partition coefficient (Wildman–Crippen LogP) is 3.12. The molecule has 0 saturated heterocycles. The summed E-state index contributed by atoms with van der Waals surface area (Å²) < 4.78 is 34.0. The molecule has 0 N–H and O–H groups in total. The third-order valence-electron chi connectivity index (χ3n) is 2.35. The Balaban J connectivity index is 2.28. The van der Waals surface area contributed by atoms with Gasteiger partial charge in [0.25, 0.3) is 0 Å². The number of ether oxygens (including phenoxy) is 1. The monoisotopic (exact) mass is 298 g/mol. The van der Waals surface area contributed by atoms with Gasteiger partial charge in [-0.25, -0.2) is 0 Å². The number of halogens is 1. The van der Waals surface area contributed by atoms with Crippen molar-refractivity contribution in [1.82, 2.24) is 0 Å². The quantitative estimate of drug-likeness (QED) is 0.814. The molecule has 2 aromatic rings. The van der Waals surface area contributed by atoms with E-state index in [0.29, 0.717) is 10.8 Å². The summed E-state index contributed by atoms with van der Waals surface area (Å²) in [7, 11) is -2.38. The Labute approximate surface area is 116 Å². The zero-order valence-electron chi connectivity index (χ0n) is 10.0. The molecule has 0 fully saturated rings. The first-order valence-electron chi connectivity index (χ1n) is 5.35. The van der Waals surface area contributed by atoms with Crippen LogP contribution < -0.4 is 8.92 Å². The fourth-order valence-corrected chi connectivity index (χ4v) is 2.48. The number of rotatable bonds is 4. The summed E-state index contributed by atoms with van der Waals surface area (Å²) in [4.78, 5) is 0.0414. The largest absolute Gasteiger partial charge is 0.497 e. The molecule has 0 spiro atoms. The van der Waals surface area contributed by atoms with Crippen LogP contribution >= 0.6 is 11.6 Å². The van der Waals surface area contributed by atoms with E-state index in [-0.39, 0.29) is 10.6 Å². The molecule has 2 rings (SSSR count). The third kappa shape index (κ3) is 3.39. The number of hydrogen-bond acceptors (Lipinski definition) is 4. The van der Waals surface area contributed by atoms with E-state index < -0.39 is 10.1 Å². The smallest absolute Gasteiger partial charge is 0.339 e. The van der Waals surface area contributed by atoms with Gasteiger partial charge in [-0.1, -0.05) is 17.7 Å². The molecule has 0 aliphatic rings. The van der Waals surface area contributed by atoms with Gasteiger partial charge in [0.2, 0.25) is 0 Å². The highest BCUT2D eigenvalue weighted by Gasteiger charge is 2.16. The highest BCUT2D eigenvalue weighted by Crippen LogP contribution is 2.23. The maximum absolute atomic E-state index is 12.0. The van der Waals surface area contributed by atoms with Gasteiger partial charge in [-0.3, -0.25) is 0 Å². The summed E-state index contributed by atoms with van der Waals surface area (Å²) in [5.74, 6) is 0.707. The fraction of sp³-hybridized carbons (Fsp3) is 0.0769. The first-order chi connectivity index (χ1) is 9.01. The van der Waals surface area contributed by atoms with Crippen LogP contribution in [0.4, 0.5) is 0 Å². The maximum Gasteiger partial charge on any atom is 0.339 e.